The first-order valence-electron chi connectivity index (χ1n) is 11.3. The Bertz CT molecular complexity index is 1400. The van der Waals surface area contributed by atoms with Crippen molar-refractivity contribution in [3.63, 3.8) is 0 Å². The van der Waals surface area contributed by atoms with Crippen LogP contribution in [-0.4, -0.2) is 46.1 Å². The molecule has 2 aromatic heterocycles. The second-order valence-corrected chi connectivity index (χ2v) is 8.82. The number of methoxy groups -OCH3 is 1. The largest absolute Gasteiger partial charge is 0.505 e. The van der Waals surface area contributed by atoms with E-state index in [1.54, 1.807) is 45.0 Å². The van der Waals surface area contributed by atoms with E-state index < -0.39 is 29.5 Å². The van der Waals surface area contributed by atoms with Crippen LogP contribution >= 0.6 is 0 Å². The van der Waals surface area contributed by atoms with Crippen LogP contribution in [0.1, 0.15) is 58.5 Å². The van der Waals surface area contributed by atoms with Crippen LogP contribution in [0, 0.1) is 20.8 Å². The van der Waals surface area contributed by atoms with Gasteiger partial charge in [-0.1, -0.05) is 17.3 Å². The molecule has 2 N–H and O–H groups in total. The van der Waals surface area contributed by atoms with Gasteiger partial charge in [0.1, 0.15) is 17.3 Å². The van der Waals surface area contributed by atoms with E-state index in [1.807, 2.05) is 13.8 Å². The van der Waals surface area contributed by atoms with Crippen molar-refractivity contribution in [3.8, 4) is 5.75 Å². The minimum atomic E-state index is -1.03. The van der Waals surface area contributed by atoms with Crippen LogP contribution in [0.4, 0.5) is 5.82 Å². The number of ketones is 1. The first-order valence-corrected chi connectivity index (χ1v) is 11.3. The molecule has 36 heavy (non-hydrogen) atoms. The Morgan fingerprint density at radius 1 is 1.19 bits per heavy atom. The highest BCUT2D eigenvalue weighted by atomic mass is 16.5. The third kappa shape index (κ3) is 4.15. The van der Waals surface area contributed by atoms with Crippen molar-refractivity contribution < 1.29 is 33.5 Å². The van der Waals surface area contributed by atoms with Gasteiger partial charge in [0.2, 0.25) is 0 Å². The number of aryl methyl sites for hydroxylation is 2. The summed E-state index contributed by atoms with van der Waals surface area (Å²) in [6, 6.07) is 7.43. The summed E-state index contributed by atoms with van der Waals surface area (Å²) >= 11 is 0. The lowest BCUT2D eigenvalue weighted by molar-refractivity contribution is -0.132. The first-order chi connectivity index (χ1) is 17.0. The maximum absolute atomic E-state index is 13.3. The molecule has 3 aromatic rings. The standard InChI is InChI=1S/C26H27N3O7/c1-12(2)35-17-9-7-8-16(11-17)22-20(24(31)25(32)29(22)18-10-13(3)36-28-18)23(30)21-14(4)19(15(5)27-21)26(33)34-6/h7-12,22,27,30H,1-6H3/b23-20+. The summed E-state index contributed by atoms with van der Waals surface area (Å²) in [6.07, 6.45) is -0.105. The predicted molar refractivity (Wildman–Crippen MR) is 130 cm³/mol. The number of carbonyl (C=O) groups excluding carboxylic acids is 3. The molecule has 10 heteroatoms. The Balaban J connectivity index is 1.96. The SMILES string of the molecule is COC(=O)c1c(C)[nH]c(/C(O)=C2\C(=O)C(=O)N(c3cc(C)on3)C2c2cccc(OC(C)C)c2)c1C. The average molecular weight is 494 g/mol. The average Bonchev–Trinajstić information content (AvgIpc) is 3.46. The molecule has 0 bridgehead atoms. The summed E-state index contributed by atoms with van der Waals surface area (Å²) in [4.78, 5) is 43.0. The molecule has 188 valence electrons. The number of aromatic amines is 1. The molecule has 1 fully saturated rings. The fourth-order valence-electron chi connectivity index (χ4n) is 4.41. The van der Waals surface area contributed by atoms with E-state index in [2.05, 4.69) is 10.1 Å². The van der Waals surface area contributed by atoms with E-state index in [1.165, 1.54) is 18.1 Å². The van der Waals surface area contributed by atoms with Crippen LogP contribution in [-0.2, 0) is 14.3 Å². The maximum atomic E-state index is 13.3. The van der Waals surface area contributed by atoms with Crippen LogP contribution in [0.25, 0.3) is 5.76 Å². The molecule has 1 aliphatic heterocycles. The molecular weight excluding hydrogens is 466 g/mol. The van der Waals surface area contributed by atoms with Gasteiger partial charge in [0.25, 0.3) is 5.78 Å². The lowest BCUT2D eigenvalue weighted by atomic mass is 9.95. The van der Waals surface area contributed by atoms with E-state index in [9.17, 15) is 19.5 Å². The van der Waals surface area contributed by atoms with Crippen molar-refractivity contribution in [2.75, 3.05) is 12.0 Å². The first kappa shape index (κ1) is 24.8. The van der Waals surface area contributed by atoms with E-state index in [-0.39, 0.29) is 28.8 Å². The molecule has 1 amide bonds. The Hall–Kier alpha value is -4.34. The number of amides is 1. The van der Waals surface area contributed by atoms with Crippen molar-refractivity contribution in [3.05, 3.63) is 69.7 Å². The Morgan fingerprint density at radius 2 is 1.92 bits per heavy atom. The molecule has 1 saturated heterocycles. The summed E-state index contributed by atoms with van der Waals surface area (Å²) < 4.78 is 15.8. The molecule has 1 aliphatic rings. The maximum Gasteiger partial charge on any atom is 0.339 e. The number of anilines is 1. The Morgan fingerprint density at radius 3 is 2.53 bits per heavy atom. The van der Waals surface area contributed by atoms with Gasteiger partial charge in [0, 0.05) is 11.8 Å². The summed E-state index contributed by atoms with van der Waals surface area (Å²) in [5, 5.41) is 15.4. The zero-order valence-electron chi connectivity index (χ0n) is 20.8. The molecule has 0 saturated carbocycles. The van der Waals surface area contributed by atoms with E-state index in [4.69, 9.17) is 14.0 Å². The van der Waals surface area contributed by atoms with Gasteiger partial charge in [-0.05, 0) is 57.9 Å². The van der Waals surface area contributed by atoms with Crippen molar-refractivity contribution in [1.82, 2.24) is 10.1 Å². The molecule has 4 rings (SSSR count). The number of esters is 1. The molecular formula is C26H27N3O7. The number of aliphatic hydroxyl groups excluding tert-OH is 1. The number of rotatable bonds is 6. The number of Topliss-reactive ketones (excluding diaryl/α,β-unsaturated/α-hetero) is 1. The number of aliphatic hydroxyl groups is 1. The quantitative estimate of drug-likeness (QED) is 0.227. The molecule has 1 atom stereocenters. The third-order valence-corrected chi connectivity index (χ3v) is 5.92. The molecule has 10 nitrogen and oxygen atoms in total. The van der Waals surface area contributed by atoms with Crippen molar-refractivity contribution in [2.45, 2.75) is 46.8 Å². The number of ether oxygens (including phenoxy) is 2. The molecule has 0 radical (unpaired) electrons. The number of benzene rings is 1. The molecule has 1 unspecified atom stereocenters. The van der Waals surface area contributed by atoms with Gasteiger partial charge in [0.15, 0.2) is 5.82 Å². The van der Waals surface area contributed by atoms with Crippen LogP contribution in [0.15, 0.2) is 40.4 Å². The minimum absolute atomic E-state index is 0.105. The number of nitrogens with zero attached hydrogens (tertiary/aromatic N) is 2. The van der Waals surface area contributed by atoms with Crippen molar-refractivity contribution >= 4 is 29.2 Å². The Labute approximate surface area is 207 Å². The highest BCUT2D eigenvalue weighted by molar-refractivity contribution is 6.51. The number of carbonyl (C=O) groups is 3. The second kappa shape index (κ2) is 9.37. The highest BCUT2D eigenvalue weighted by Crippen LogP contribution is 2.43. The number of H-pyrrole nitrogens is 1. The lowest BCUT2D eigenvalue weighted by Gasteiger charge is -2.23. The van der Waals surface area contributed by atoms with Crippen molar-refractivity contribution in [1.29, 1.82) is 0 Å². The van der Waals surface area contributed by atoms with E-state index >= 15 is 0 Å². The van der Waals surface area contributed by atoms with Gasteiger partial charge >= 0.3 is 11.9 Å². The zero-order chi connectivity index (χ0) is 26.3. The van der Waals surface area contributed by atoms with Gasteiger partial charge < -0.3 is 24.1 Å². The minimum Gasteiger partial charge on any atom is -0.505 e. The smallest absolute Gasteiger partial charge is 0.339 e. The van der Waals surface area contributed by atoms with Gasteiger partial charge in [-0.3, -0.25) is 14.5 Å². The normalized spacial score (nSPS) is 17.2. The van der Waals surface area contributed by atoms with Crippen molar-refractivity contribution in [2.24, 2.45) is 0 Å². The number of hydrogen-bond acceptors (Lipinski definition) is 8. The van der Waals surface area contributed by atoms with Crippen LogP contribution in [0.3, 0.4) is 0 Å². The number of nitrogens with one attached hydrogen (secondary N) is 1. The number of hydrogen-bond donors (Lipinski definition) is 2. The number of aromatic nitrogens is 2. The van der Waals surface area contributed by atoms with Gasteiger partial charge in [-0.15, -0.1) is 0 Å². The monoisotopic (exact) mass is 493 g/mol. The summed E-state index contributed by atoms with van der Waals surface area (Å²) in [5.41, 5.74) is 1.57. The summed E-state index contributed by atoms with van der Waals surface area (Å²) in [5.74, 6) is -1.71. The lowest BCUT2D eigenvalue weighted by Crippen LogP contribution is -2.29. The zero-order valence-corrected chi connectivity index (χ0v) is 20.8. The van der Waals surface area contributed by atoms with Crippen LogP contribution < -0.4 is 9.64 Å². The van der Waals surface area contributed by atoms with Gasteiger partial charge in [0.05, 0.1) is 36.1 Å². The van der Waals surface area contributed by atoms with Crippen LogP contribution in [0.5, 0.6) is 5.75 Å². The van der Waals surface area contributed by atoms with E-state index in [0.717, 1.165) is 0 Å². The Kier molecular flexibility index (Phi) is 6.45. The molecule has 0 aliphatic carbocycles. The van der Waals surface area contributed by atoms with Gasteiger partial charge in [-0.2, -0.15) is 0 Å². The topological polar surface area (TPSA) is 135 Å². The molecule has 0 spiro atoms. The predicted octanol–water partition coefficient (Wildman–Crippen LogP) is 4.13. The summed E-state index contributed by atoms with van der Waals surface area (Å²) in [7, 11) is 1.26. The highest BCUT2D eigenvalue weighted by Gasteiger charge is 2.48. The molecule has 3 heterocycles. The van der Waals surface area contributed by atoms with E-state index in [0.29, 0.717) is 28.3 Å². The fourth-order valence-corrected chi connectivity index (χ4v) is 4.41. The van der Waals surface area contributed by atoms with Crippen LogP contribution in [0.2, 0.25) is 0 Å². The fraction of sp³-hybridized carbons (Fsp3) is 0.308. The van der Waals surface area contributed by atoms with Gasteiger partial charge in [-0.25, -0.2) is 4.79 Å². The second-order valence-electron chi connectivity index (χ2n) is 8.82. The third-order valence-electron chi connectivity index (χ3n) is 5.92. The molecule has 1 aromatic carbocycles. The summed E-state index contributed by atoms with van der Waals surface area (Å²) in [6.45, 7) is 8.70.